The van der Waals surface area contributed by atoms with E-state index in [1.165, 1.54) is 0 Å². The molecular weight excluding hydrogens is 552 g/mol. The number of nitrogens with zero attached hydrogens (tertiary/aromatic N) is 3. The van der Waals surface area contributed by atoms with Gasteiger partial charge in [0.05, 0.1) is 33.7 Å². The molecule has 4 aromatic carbocycles. The number of carbonyl (C=O) groups excluding carboxylic acids is 2. The first-order chi connectivity index (χ1) is 21.5. The fourth-order valence-corrected chi connectivity index (χ4v) is 8.30. The molecule has 3 aliphatic rings. The predicted octanol–water partition coefficient (Wildman–Crippen LogP) is 6.07. The Hall–Kier alpha value is -4.92. The lowest BCUT2D eigenvalue weighted by Gasteiger charge is -2.50. The Kier molecular flexibility index (Phi) is 5.12. The van der Waals surface area contributed by atoms with Crippen LogP contribution in [0.4, 0.5) is 0 Å². The van der Waals surface area contributed by atoms with Crippen molar-refractivity contribution in [2.75, 3.05) is 14.2 Å². The highest BCUT2D eigenvalue weighted by Gasteiger charge is 2.56. The Morgan fingerprint density at radius 3 is 2.41 bits per heavy atom. The number of benzene rings is 4. The maximum atomic E-state index is 13.9. The molecule has 2 bridgehead atoms. The molecule has 0 saturated carbocycles. The second-order valence-electron chi connectivity index (χ2n) is 12.0. The van der Waals surface area contributed by atoms with Gasteiger partial charge < -0.3 is 28.8 Å². The highest BCUT2D eigenvalue weighted by molar-refractivity contribution is 6.31. The highest BCUT2D eigenvalue weighted by Crippen LogP contribution is 2.54. The number of carbonyl (C=O) groups is 2. The van der Waals surface area contributed by atoms with Gasteiger partial charge in [0.15, 0.2) is 5.72 Å². The minimum atomic E-state index is -1.17. The van der Waals surface area contributed by atoms with Gasteiger partial charge in [-0.25, -0.2) is 0 Å². The van der Waals surface area contributed by atoms with Gasteiger partial charge in [-0.15, -0.1) is 0 Å². The number of ether oxygens (including phenoxy) is 2. The number of rotatable bonds is 4. The molecule has 1 fully saturated rings. The summed E-state index contributed by atoms with van der Waals surface area (Å²) in [5, 5.41) is 7.11. The number of aromatic nitrogens is 2. The van der Waals surface area contributed by atoms with Crippen LogP contribution in [0.15, 0.2) is 91.5 Å². The standard InChI is InChI=1S/C36H30N4O4/c1-4-36-33(43-3)26(38(2)35(42)20-12-6-5-7-13-20)18-27(44-36)39-24-16-10-8-14-21(24)29-30-23(19-37-34(30)41)28-22-15-9-11-17-25(22)40(36)32(28)31(29)39/h4-17,26-27,33H,1,18-19H2,2-3H3,(H,37,41). The van der Waals surface area contributed by atoms with Crippen LogP contribution in [0.25, 0.3) is 43.6 Å². The van der Waals surface area contributed by atoms with Crippen molar-refractivity contribution in [2.45, 2.75) is 37.1 Å². The van der Waals surface area contributed by atoms with Gasteiger partial charge in [0.25, 0.3) is 11.8 Å². The van der Waals surface area contributed by atoms with Crippen molar-refractivity contribution in [3.63, 3.8) is 0 Å². The average Bonchev–Trinajstić information content (AvgIpc) is 3.71. The summed E-state index contributed by atoms with van der Waals surface area (Å²) in [5.74, 6) is -0.150. The zero-order valence-electron chi connectivity index (χ0n) is 24.4. The van der Waals surface area contributed by atoms with E-state index in [0.29, 0.717) is 18.5 Å². The first kappa shape index (κ1) is 25.6. The number of hydrogen-bond acceptors (Lipinski definition) is 4. The van der Waals surface area contributed by atoms with Crippen LogP contribution in [-0.2, 0) is 21.7 Å². The number of hydrogen-bond donors (Lipinski definition) is 1. The van der Waals surface area contributed by atoms with Crippen molar-refractivity contribution >= 4 is 55.4 Å². The summed E-state index contributed by atoms with van der Waals surface area (Å²) in [4.78, 5) is 29.3. The van der Waals surface area contributed by atoms with Crippen molar-refractivity contribution in [3.05, 3.63) is 108 Å². The van der Waals surface area contributed by atoms with Crippen LogP contribution in [0.1, 0.15) is 38.9 Å². The molecular formula is C36H30N4O4. The Labute approximate surface area is 253 Å². The summed E-state index contributed by atoms with van der Waals surface area (Å²) >= 11 is 0. The molecule has 1 N–H and O–H groups in total. The van der Waals surface area contributed by atoms with Crippen molar-refractivity contribution < 1.29 is 19.1 Å². The molecule has 0 radical (unpaired) electrons. The van der Waals surface area contributed by atoms with Gasteiger partial charge in [-0.1, -0.05) is 61.2 Å². The molecule has 6 aromatic rings. The maximum absolute atomic E-state index is 13.9. The molecule has 44 heavy (non-hydrogen) atoms. The van der Waals surface area contributed by atoms with Crippen LogP contribution in [0.5, 0.6) is 0 Å². The minimum Gasteiger partial charge on any atom is -0.374 e. The van der Waals surface area contributed by atoms with Crippen LogP contribution in [-0.4, -0.2) is 52.2 Å². The van der Waals surface area contributed by atoms with Crippen molar-refractivity contribution in [3.8, 4) is 0 Å². The monoisotopic (exact) mass is 582 g/mol. The number of methoxy groups -OCH3 is 1. The summed E-state index contributed by atoms with van der Waals surface area (Å²) in [7, 11) is 3.52. The van der Waals surface area contributed by atoms with Crippen LogP contribution in [0.3, 0.4) is 0 Å². The van der Waals surface area contributed by atoms with Crippen LogP contribution in [0.2, 0.25) is 0 Å². The first-order valence-electron chi connectivity index (χ1n) is 15.0. The van der Waals surface area contributed by atoms with E-state index < -0.39 is 18.1 Å². The summed E-state index contributed by atoms with van der Waals surface area (Å²) in [6.45, 7) is 4.81. The lowest BCUT2D eigenvalue weighted by atomic mass is 9.90. The number of fused-ring (bicyclic) bond motifs is 13. The van der Waals surface area contributed by atoms with Gasteiger partial charge in [0, 0.05) is 54.2 Å². The fraction of sp³-hybridized carbons (Fsp3) is 0.222. The SMILES string of the molecule is C=CC12OC(CC(N(C)C(=O)c3ccccc3)C1OC)n1c3ccccc3c3c4c(c5c6ccccc6n2c5c31)CNC4=O. The minimum absolute atomic E-state index is 0.0611. The summed E-state index contributed by atoms with van der Waals surface area (Å²) < 4.78 is 18.1. The van der Waals surface area contributed by atoms with Gasteiger partial charge in [-0.2, -0.15) is 0 Å². The van der Waals surface area contributed by atoms with E-state index in [-0.39, 0.29) is 17.9 Å². The Morgan fingerprint density at radius 1 is 1.00 bits per heavy atom. The number of likely N-dealkylation sites (N-methyl/N-ethyl adjacent to an activating group) is 1. The van der Waals surface area contributed by atoms with E-state index in [1.807, 2.05) is 67.7 Å². The van der Waals surface area contributed by atoms with Gasteiger partial charge in [-0.3, -0.25) is 9.59 Å². The molecule has 2 amide bonds. The fourth-order valence-electron chi connectivity index (χ4n) is 8.30. The first-order valence-corrected chi connectivity index (χ1v) is 15.0. The number of nitrogens with one attached hydrogen (secondary N) is 1. The lowest BCUT2D eigenvalue weighted by Crippen LogP contribution is -2.61. The molecule has 0 aliphatic carbocycles. The molecule has 8 nitrogen and oxygen atoms in total. The van der Waals surface area contributed by atoms with E-state index in [9.17, 15) is 9.59 Å². The highest BCUT2D eigenvalue weighted by atomic mass is 16.6. The normalized spacial score (nSPS) is 23.8. The average molecular weight is 583 g/mol. The van der Waals surface area contributed by atoms with E-state index >= 15 is 0 Å². The van der Waals surface area contributed by atoms with Gasteiger partial charge in [0.2, 0.25) is 0 Å². The Morgan fingerprint density at radius 2 is 1.68 bits per heavy atom. The van der Waals surface area contributed by atoms with E-state index in [2.05, 4.69) is 45.3 Å². The molecule has 218 valence electrons. The molecule has 3 aliphatic heterocycles. The molecule has 0 spiro atoms. The zero-order valence-corrected chi connectivity index (χ0v) is 24.4. The van der Waals surface area contributed by atoms with Gasteiger partial charge in [-0.05, 0) is 35.9 Å². The second kappa shape index (κ2) is 8.81. The second-order valence-corrected chi connectivity index (χ2v) is 12.0. The van der Waals surface area contributed by atoms with Gasteiger partial charge in [0.1, 0.15) is 12.3 Å². The van der Waals surface area contributed by atoms with Crippen LogP contribution >= 0.6 is 0 Å². The lowest BCUT2D eigenvalue weighted by molar-refractivity contribution is -0.248. The van der Waals surface area contributed by atoms with Crippen LogP contribution < -0.4 is 5.32 Å². The summed E-state index contributed by atoms with van der Waals surface area (Å²) in [6, 6.07) is 25.4. The molecule has 5 heterocycles. The predicted molar refractivity (Wildman–Crippen MR) is 170 cm³/mol. The maximum Gasteiger partial charge on any atom is 0.253 e. The Balaban J connectivity index is 1.45. The molecule has 4 atom stereocenters. The Bertz CT molecular complexity index is 2230. The quantitative estimate of drug-likeness (QED) is 0.256. The smallest absolute Gasteiger partial charge is 0.253 e. The molecule has 4 unspecified atom stereocenters. The number of amides is 2. The van der Waals surface area contributed by atoms with Crippen molar-refractivity contribution in [1.29, 1.82) is 0 Å². The third-order valence-corrected chi connectivity index (χ3v) is 10.1. The largest absolute Gasteiger partial charge is 0.374 e. The number of para-hydroxylation sites is 2. The molecule has 9 rings (SSSR count). The van der Waals surface area contributed by atoms with E-state index in [1.54, 1.807) is 12.0 Å². The topological polar surface area (TPSA) is 77.7 Å². The van der Waals surface area contributed by atoms with E-state index in [0.717, 1.165) is 54.7 Å². The molecule has 8 heteroatoms. The van der Waals surface area contributed by atoms with E-state index in [4.69, 9.17) is 9.47 Å². The zero-order chi connectivity index (χ0) is 29.9. The van der Waals surface area contributed by atoms with Crippen LogP contribution in [0, 0.1) is 0 Å². The van der Waals surface area contributed by atoms with Gasteiger partial charge >= 0.3 is 0 Å². The summed E-state index contributed by atoms with van der Waals surface area (Å²) in [5.41, 5.74) is 5.02. The van der Waals surface area contributed by atoms with Crippen molar-refractivity contribution in [1.82, 2.24) is 19.4 Å². The molecule has 1 saturated heterocycles. The third-order valence-electron chi connectivity index (χ3n) is 10.1. The summed E-state index contributed by atoms with van der Waals surface area (Å²) in [6.07, 6.45) is 1.24. The third kappa shape index (κ3) is 2.94. The molecule has 2 aromatic heterocycles. The van der Waals surface area contributed by atoms with Crippen molar-refractivity contribution in [2.24, 2.45) is 0 Å².